The molecule has 1 aliphatic rings. The third-order valence-corrected chi connectivity index (χ3v) is 3.98. The van der Waals surface area contributed by atoms with Gasteiger partial charge >= 0.3 is 0 Å². The molecule has 0 amide bonds. The molecule has 21 heavy (non-hydrogen) atoms. The summed E-state index contributed by atoms with van der Waals surface area (Å²) in [6.45, 7) is 4.31. The van der Waals surface area contributed by atoms with Gasteiger partial charge in [0.2, 0.25) is 0 Å². The van der Waals surface area contributed by atoms with E-state index in [0.29, 0.717) is 6.42 Å². The lowest BCUT2D eigenvalue weighted by molar-refractivity contribution is -0.116. The van der Waals surface area contributed by atoms with Gasteiger partial charge in [0, 0.05) is 6.42 Å². The number of rotatable bonds is 2. The molecule has 0 aromatic heterocycles. The number of carbonyl (C=O) groups excluding carboxylic acids is 1. The normalized spacial score (nSPS) is 18.2. The highest BCUT2D eigenvalue weighted by Gasteiger charge is 2.26. The third-order valence-electron chi connectivity index (χ3n) is 3.98. The summed E-state index contributed by atoms with van der Waals surface area (Å²) in [4.78, 5) is 11.8. The zero-order valence-corrected chi connectivity index (χ0v) is 12.6. The van der Waals surface area contributed by atoms with Gasteiger partial charge in [0.1, 0.15) is 0 Å². The van der Waals surface area contributed by atoms with Gasteiger partial charge in [-0.15, -0.1) is 0 Å². The highest BCUT2D eigenvalue weighted by atomic mass is 16.1. The molecule has 3 rings (SSSR count). The lowest BCUT2D eigenvalue weighted by atomic mass is 9.76. The number of benzene rings is 2. The van der Waals surface area contributed by atoms with Gasteiger partial charge in [-0.05, 0) is 39.8 Å². The minimum Gasteiger partial charge on any atom is -0.295 e. The summed E-state index contributed by atoms with van der Waals surface area (Å²) >= 11 is 0. The Bertz CT molecular complexity index is 742. The summed E-state index contributed by atoms with van der Waals surface area (Å²) in [7, 11) is 0. The van der Waals surface area contributed by atoms with Crippen LogP contribution in [-0.4, -0.2) is 5.78 Å². The Labute approximate surface area is 126 Å². The molecule has 0 fully saturated rings. The first kappa shape index (κ1) is 13.8. The summed E-state index contributed by atoms with van der Waals surface area (Å²) in [6, 6.07) is 14.7. The average molecular weight is 276 g/mol. The van der Waals surface area contributed by atoms with Crippen LogP contribution in [0.5, 0.6) is 0 Å². The van der Waals surface area contributed by atoms with Gasteiger partial charge in [0.05, 0.1) is 0 Å². The predicted molar refractivity (Wildman–Crippen MR) is 89.1 cm³/mol. The molecule has 0 unspecified atom stereocenters. The number of ketones is 1. The van der Waals surface area contributed by atoms with Crippen molar-refractivity contribution in [3.05, 3.63) is 65.8 Å². The second-order valence-corrected chi connectivity index (χ2v) is 6.61. The van der Waals surface area contributed by atoms with Crippen LogP contribution in [0.1, 0.15) is 32.3 Å². The molecule has 1 aliphatic carbocycles. The van der Waals surface area contributed by atoms with E-state index in [1.807, 2.05) is 0 Å². The zero-order valence-electron chi connectivity index (χ0n) is 12.6. The molecule has 0 atom stereocenters. The van der Waals surface area contributed by atoms with Crippen molar-refractivity contribution in [3.63, 3.8) is 0 Å². The zero-order chi connectivity index (χ0) is 14.9. The van der Waals surface area contributed by atoms with Crippen LogP contribution in [-0.2, 0) is 4.79 Å². The minimum atomic E-state index is 0.0737. The largest absolute Gasteiger partial charge is 0.295 e. The minimum absolute atomic E-state index is 0.0737. The van der Waals surface area contributed by atoms with Gasteiger partial charge in [0.25, 0.3) is 0 Å². The molecule has 0 bridgehead atoms. The van der Waals surface area contributed by atoms with E-state index in [4.69, 9.17) is 0 Å². The Balaban J connectivity index is 1.94. The van der Waals surface area contributed by atoms with Gasteiger partial charge in [-0.2, -0.15) is 0 Å². The Kier molecular flexibility index (Phi) is 3.50. The number of allylic oxidation sites excluding steroid dienone is 3. The van der Waals surface area contributed by atoms with Gasteiger partial charge in [-0.25, -0.2) is 0 Å². The van der Waals surface area contributed by atoms with E-state index >= 15 is 0 Å². The standard InChI is InChI=1S/C20H20O/c1-20(2)13-15(12-18(21)14-20)10-11-17-8-5-7-16-6-3-4-9-19(16)17/h3-12H,13-14H2,1-2H3/b11-10+. The van der Waals surface area contributed by atoms with Crippen LogP contribution in [0.3, 0.4) is 0 Å². The van der Waals surface area contributed by atoms with Crippen LogP contribution < -0.4 is 0 Å². The van der Waals surface area contributed by atoms with E-state index in [-0.39, 0.29) is 11.2 Å². The van der Waals surface area contributed by atoms with Gasteiger partial charge in [0.15, 0.2) is 5.78 Å². The quantitative estimate of drug-likeness (QED) is 0.739. The molecule has 1 nitrogen and oxygen atoms in total. The summed E-state index contributed by atoms with van der Waals surface area (Å²) in [5.41, 5.74) is 2.40. The third kappa shape index (κ3) is 3.13. The molecule has 106 valence electrons. The Morgan fingerprint density at radius 2 is 1.71 bits per heavy atom. The Morgan fingerprint density at radius 3 is 2.52 bits per heavy atom. The maximum Gasteiger partial charge on any atom is 0.156 e. The van der Waals surface area contributed by atoms with Crippen LogP contribution in [0, 0.1) is 5.41 Å². The summed E-state index contributed by atoms with van der Waals surface area (Å²) in [6.07, 6.45) is 7.63. The summed E-state index contributed by atoms with van der Waals surface area (Å²) in [5, 5.41) is 2.49. The van der Waals surface area contributed by atoms with E-state index in [9.17, 15) is 4.79 Å². The molecule has 0 radical (unpaired) electrons. The number of hydrogen-bond acceptors (Lipinski definition) is 1. The molecule has 2 aromatic carbocycles. The first-order chi connectivity index (χ1) is 10.0. The molecular weight excluding hydrogens is 256 g/mol. The lowest BCUT2D eigenvalue weighted by Crippen LogP contribution is -2.21. The van der Waals surface area contributed by atoms with Crippen molar-refractivity contribution in [2.45, 2.75) is 26.7 Å². The van der Waals surface area contributed by atoms with Crippen LogP contribution >= 0.6 is 0 Å². The Hall–Kier alpha value is -2.15. The second-order valence-electron chi connectivity index (χ2n) is 6.61. The highest BCUT2D eigenvalue weighted by Crippen LogP contribution is 2.34. The topological polar surface area (TPSA) is 17.1 Å². The maximum absolute atomic E-state index is 11.8. The van der Waals surface area contributed by atoms with E-state index in [1.165, 1.54) is 16.3 Å². The molecule has 0 heterocycles. The van der Waals surface area contributed by atoms with Crippen LogP contribution in [0.2, 0.25) is 0 Å². The fourth-order valence-electron chi connectivity index (χ4n) is 3.10. The van der Waals surface area contributed by atoms with Crippen molar-refractivity contribution in [3.8, 4) is 0 Å². The van der Waals surface area contributed by atoms with E-state index < -0.39 is 0 Å². The number of fused-ring (bicyclic) bond motifs is 1. The molecule has 2 aromatic rings. The molecule has 0 N–H and O–H groups in total. The van der Waals surface area contributed by atoms with Gasteiger partial charge in [-0.3, -0.25) is 4.79 Å². The van der Waals surface area contributed by atoms with Crippen molar-refractivity contribution in [1.29, 1.82) is 0 Å². The monoisotopic (exact) mass is 276 g/mol. The fraction of sp³-hybridized carbons (Fsp3) is 0.250. The predicted octanol–water partition coefficient (Wildman–Crippen LogP) is 5.17. The smallest absolute Gasteiger partial charge is 0.156 e. The van der Waals surface area contributed by atoms with Crippen molar-refractivity contribution in [2.24, 2.45) is 5.41 Å². The van der Waals surface area contributed by atoms with Crippen molar-refractivity contribution < 1.29 is 4.79 Å². The highest BCUT2D eigenvalue weighted by molar-refractivity contribution is 5.93. The van der Waals surface area contributed by atoms with E-state index in [0.717, 1.165) is 12.0 Å². The van der Waals surface area contributed by atoms with Crippen LogP contribution in [0.25, 0.3) is 16.8 Å². The lowest BCUT2D eigenvalue weighted by Gasteiger charge is -2.27. The van der Waals surface area contributed by atoms with Crippen molar-refractivity contribution in [1.82, 2.24) is 0 Å². The van der Waals surface area contributed by atoms with Crippen molar-refractivity contribution >= 4 is 22.6 Å². The van der Waals surface area contributed by atoms with E-state index in [1.54, 1.807) is 6.08 Å². The molecule has 0 spiro atoms. The SMILES string of the molecule is CC1(C)CC(=O)C=C(/C=C/c2cccc3ccccc23)C1. The summed E-state index contributed by atoms with van der Waals surface area (Å²) < 4.78 is 0. The summed E-state index contributed by atoms with van der Waals surface area (Å²) in [5.74, 6) is 0.240. The fourth-order valence-corrected chi connectivity index (χ4v) is 3.10. The average Bonchev–Trinajstić information content (AvgIpc) is 2.43. The first-order valence-corrected chi connectivity index (χ1v) is 7.43. The van der Waals surface area contributed by atoms with Gasteiger partial charge in [-0.1, -0.05) is 68.5 Å². The Morgan fingerprint density at radius 1 is 0.952 bits per heavy atom. The molecule has 0 aliphatic heterocycles. The first-order valence-electron chi connectivity index (χ1n) is 7.43. The molecule has 0 saturated heterocycles. The van der Waals surface area contributed by atoms with Gasteiger partial charge < -0.3 is 0 Å². The van der Waals surface area contributed by atoms with E-state index in [2.05, 4.69) is 68.5 Å². The molecule has 1 heteroatoms. The second kappa shape index (κ2) is 5.33. The van der Waals surface area contributed by atoms with Crippen LogP contribution in [0.15, 0.2) is 60.2 Å². The molecule has 0 saturated carbocycles. The number of hydrogen-bond donors (Lipinski definition) is 0. The van der Waals surface area contributed by atoms with Crippen LogP contribution in [0.4, 0.5) is 0 Å². The molecular formula is C20H20O. The number of carbonyl (C=O) groups is 1. The van der Waals surface area contributed by atoms with Crippen molar-refractivity contribution in [2.75, 3.05) is 0 Å². The maximum atomic E-state index is 11.8.